The lowest BCUT2D eigenvalue weighted by molar-refractivity contribution is 0.0568. The average Bonchev–Trinajstić information content (AvgIpc) is 3.14. The lowest BCUT2D eigenvalue weighted by Gasteiger charge is -2.37. The van der Waals surface area contributed by atoms with Crippen molar-refractivity contribution in [2.75, 3.05) is 19.7 Å². The first-order valence-corrected chi connectivity index (χ1v) is 9.35. The molecule has 0 aliphatic carbocycles. The van der Waals surface area contributed by atoms with Gasteiger partial charge in [0.2, 0.25) is 5.89 Å². The van der Waals surface area contributed by atoms with Crippen LogP contribution in [0.2, 0.25) is 0 Å². The van der Waals surface area contributed by atoms with Crippen molar-refractivity contribution in [3.63, 3.8) is 0 Å². The van der Waals surface area contributed by atoms with Crippen molar-refractivity contribution in [2.24, 2.45) is 0 Å². The molecule has 0 N–H and O–H groups in total. The number of benzene rings is 1. The van der Waals surface area contributed by atoms with Crippen LogP contribution in [0, 0.1) is 6.92 Å². The molecule has 0 spiro atoms. The first kappa shape index (κ1) is 18.3. The van der Waals surface area contributed by atoms with Crippen LogP contribution in [-0.4, -0.2) is 45.6 Å². The molecule has 1 amide bonds. The highest BCUT2D eigenvalue weighted by Crippen LogP contribution is 2.27. The van der Waals surface area contributed by atoms with Gasteiger partial charge >= 0.3 is 0 Å². The van der Waals surface area contributed by atoms with Crippen molar-refractivity contribution in [3.8, 4) is 0 Å². The highest BCUT2D eigenvalue weighted by molar-refractivity contribution is 5.94. The number of aryl methyl sites for hydroxylation is 1. The Morgan fingerprint density at radius 2 is 2.04 bits per heavy atom. The molecule has 28 heavy (non-hydrogen) atoms. The van der Waals surface area contributed by atoms with Crippen LogP contribution in [0.1, 0.15) is 39.2 Å². The molecule has 1 aliphatic heterocycles. The summed E-state index contributed by atoms with van der Waals surface area (Å²) in [5, 5.41) is 4.02. The Hall–Kier alpha value is -3.06. The zero-order valence-electron chi connectivity index (χ0n) is 15.7. The number of hydrogen-bond acceptors (Lipinski definition) is 6. The number of carbonyl (C=O) groups excluding carboxylic acids is 1. The molecule has 1 saturated heterocycles. The van der Waals surface area contributed by atoms with Gasteiger partial charge in [-0.1, -0.05) is 35.5 Å². The van der Waals surface area contributed by atoms with Gasteiger partial charge in [-0.05, 0) is 24.6 Å². The van der Waals surface area contributed by atoms with Gasteiger partial charge in [0.05, 0.1) is 24.7 Å². The SMILES string of the molecule is Cc1ccc(C(=O)N2CC(c3nc(CCOCc4ccccc4)no3)C2)cn1. The van der Waals surface area contributed by atoms with Gasteiger partial charge in [0.1, 0.15) is 0 Å². The number of aromatic nitrogens is 3. The maximum atomic E-state index is 12.4. The Kier molecular flexibility index (Phi) is 5.43. The van der Waals surface area contributed by atoms with E-state index in [0.29, 0.717) is 50.0 Å². The molecule has 7 nitrogen and oxygen atoms in total. The molecular weight excluding hydrogens is 356 g/mol. The lowest BCUT2D eigenvalue weighted by atomic mass is 9.99. The molecule has 0 bridgehead atoms. The number of rotatable bonds is 7. The van der Waals surface area contributed by atoms with Gasteiger partial charge in [-0.25, -0.2) is 0 Å². The topological polar surface area (TPSA) is 81.4 Å². The summed E-state index contributed by atoms with van der Waals surface area (Å²) in [4.78, 5) is 22.8. The molecular formula is C21H22N4O3. The summed E-state index contributed by atoms with van der Waals surface area (Å²) in [6, 6.07) is 13.7. The normalized spacial score (nSPS) is 14.1. The second-order valence-corrected chi connectivity index (χ2v) is 6.93. The predicted octanol–water partition coefficient (Wildman–Crippen LogP) is 2.77. The monoisotopic (exact) mass is 378 g/mol. The minimum Gasteiger partial charge on any atom is -0.376 e. The minimum absolute atomic E-state index is 0.0159. The van der Waals surface area contributed by atoms with Crippen LogP contribution in [0.25, 0.3) is 0 Å². The standard InChI is InChI=1S/C21H22N4O3/c1-15-7-8-17(11-22-15)21(26)25-12-18(13-25)20-23-19(24-28-20)9-10-27-14-16-5-3-2-4-6-16/h2-8,11,18H,9-10,12-14H2,1H3. The molecule has 3 heterocycles. The molecule has 0 radical (unpaired) electrons. The Morgan fingerprint density at radius 1 is 1.21 bits per heavy atom. The van der Waals surface area contributed by atoms with Crippen molar-refractivity contribution >= 4 is 5.91 Å². The quantitative estimate of drug-likeness (QED) is 0.588. The molecule has 1 aromatic carbocycles. The molecule has 1 aliphatic rings. The van der Waals surface area contributed by atoms with Crippen molar-refractivity contribution in [1.29, 1.82) is 0 Å². The Labute approximate surface area is 163 Å². The van der Waals surface area contributed by atoms with E-state index >= 15 is 0 Å². The molecule has 2 aromatic heterocycles. The summed E-state index contributed by atoms with van der Waals surface area (Å²) < 4.78 is 11.0. The number of likely N-dealkylation sites (tertiary alicyclic amines) is 1. The lowest BCUT2D eigenvalue weighted by Crippen LogP contribution is -2.48. The van der Waals surface area contributed by atoms with Crippen molar-refractivity contribution in [3.05, 3.63) is 77.2 Å². The largest absolute Gasteiger partial charge is 0.376 e. The van der Waals surface area contributed by atoms with Gasteiger partial charge in [-0.3, -0.25) is 9.78 Å². The minimum atomic E-state index is -0.0159. The van der Waals surface area contributed by atoms with E-state index in [1.165, 1.54) is 0 Å². The number of hydrogen-bond donors (Lipinski definition) is 0. The summed E-state index contributed by atoms with van der Waals surface area (Å²) in [6.07, 6.45) is 2.21. The van der Waals surface area contributed by atoms with Crippen LogP contribution in [0.15, 0.2) is 53.2 Å². The van der Waals surface area contributed by atoms with E-state index in [9.17, 15) is 4.79 Å². The average molecular weight is 378 g/mol. The summed E-state index contributed by atoms with van der Waals surface area (Å²) >= 11 is 0. The smallest absolute Gasteiger partial charge is 0.255 e. The molecule has 4 rings (SSSR count). The molecule has 0 saturated carbocycles. The second kappa shape index (κ2) is 8.31. The van der Waals surface area contributed by atoms with Crippen molar-refractivity contribution in [1.82, 2.24) is 20.0 Å². The van der Waals surface area contributed by atoms with Crippen LogP contribution in [0.5, 0.6) is 0 Å². The number of ether oxygens (including phenoxy) is 1. The van der Waals surface area contributed by atoms with E-state index in [1.54, 1.807) is 17.2 Å². The molecule has 3 aromatic rings. The Balaban J connectivity index is 1.22. The van der Waals surface area contributed by atoms with Gasteiger partial charge in [0.15, 0.2) is 5.82 Å². The Bertz CT molecular complexity index is 918. The Morgan fingerprint density at radius 3 is 2.79 bits per heavy atom. The fourth-order valence-corrected chi connectivity index (χ4v) is 3.04. The summed E-state index contributed by atoms with van der Waals surface area (Å²) in [7, 11) is 0. The highest BCUT2D eigenvalue weighted by atomic mass is 16.5. The van der Waals surface area contributed by atoms with E-state index in [1.807, 2.05) is 43.3 Å². The van der Waals surface area contributed by atoms with E-state index in [0.717, 1.165) is 11.3 Å². The van der Waals surface area contributed by atoms with Crippen LogP contribution < -0.4 is 0 Å². The number of nitrogens with zero attached hydrogens (tertiary/aromatic N) is 4. The molecule has 1 fully saturated rings. The van der Waals surface area contributed by atoms with E-state index in [-0.39, 0.29) is 11.8 Å². The van der Waals surface area contributed by atoms with Gasteiger partial charge < -0.3 is 14.2 Å². The third kappa shape index (κ3) is 4.26. The zero-order valence-corrected chi connectivity index (χ0v) is 15.7. The first-order valence-electron chi connectivity index (χ1n) is 9.35. The molecule has 0 atom stereocenters. The highest BCUT2D eigenvalue weighted by Gasteiger charge is 2.36. The van der Waals surface area contributed by atoms with E-state index in [2.05, 4.69) is 15.1 Å². The second-order valence-electron chi connectivity index (χ2n) is 6.93. The van der Waals surface area contributed by atoms with Gasteiger partial charge in [-0.15, -0.1) is 0 Å². The van der Waals surface area contributed by atoms with Crippen LogP contribution >= 0.6 is 0 Å². The van der Waals surface area contributed by atoms with Crippen molar-refractivity contribution < 1.29 is 14.1 Å². The number of carbonyl (C=O) groups is 1. The van der Waals surface area contributed by atoms with Gasteiger partial charge in [-0.2, -0.15) is 4.98 Å². The summed E-state index contributed by atoms with van der Waals surface area (Å²) in [6.45, 7) is 4.16. The van der Waals surface area contributed by atoms with E-state index in [4.69, 9.17) is 9.26 Å². The summed E-state index contributed by atoms with van der Waals surface area (Å²) in [5.74, 6) is 1.30. The van der Waals surface area contributed by atoms with Crippen LogP contribution in [-0.2, 0) is 17.8 Å². The maximum absolute atomic E-state index is 12.4. The third-order valence-electron chi connectivity index (χ3n) is 4.74. The first-order chi connectivity index (χ1) is 13.7. The zero-order chi connectivity index (χ0) is 19.3. The third-order valence-corrected chi connectivity index (χ3v) is 4.74. The predicted molar refractivity (Wildman–Crippen MR) is 102 cm³/mol. The molecule has 7 heteroatoms. The number of pyridine rings is 1. The van der Waals surface area contributed by atoms with Gasteiger partial charge in [0, 0.05) is 31.4 Å². The fraction of sp³-hybridized carbons (Fsp3) is 0.333. The number of amides is 1. The van der Waals surface area contributed by atoms with E-state index < -0.39 is 0 Å². The van der Waals surface area contributed by atoms with Gasteiger partial charge in [0.25, 0.3) is 5.91 Å². The summed E-state index contributed by atoms with van der Waals surface area (Å²) in [5.41, 5.74) is 2.63. The maximum Gasteiger partial charge on any atom is 0.255 e. The fourth-order valence-electron chi connectivity index (χ4n) is 3.04. The molecule has 0 unspecified atom stereocenters. The van der Waals surface area contributed by atoms with Crippen LogP contribution in [0.3, 0.4) is 0 Å². The molecule has 144 valence electrons. The van der Waals surface area contributed by atoms with Crippen molar-refractivity contribution in [2.45, 2.75) is 25.9 Å². The van der Waals surface area contributed by atoms with Crippen LogP contribution in [0.4, 0.5) is 0 Å².